The molecule has 11 heteroatoms. The zero-order valence-corrected chi connectivity index (χ0v) is 18.3. The van der Waals surface area contributed by atoms with Gasteiger partial charge in [-0.3, -0.25) is 19.2 Å². The van der Waals surface area contributed by atoms with Crippen LogP contribution in [0.3, 0.4) is 0 Å². The van der Waals surface area contributed by atoms with E-state index in [4.69, 9.17) is 28.9 Å². The maximum Gasteiger partial charge on any atom is 0.254 e. The van der Waals surface area contributed by atoms with Crippen molar-refractivity contribution >= 4 is 119 Å². The Hall–Kier alpha value is 0.270. The Kier molecular flexibility index (Phi) is 7.75. The molecule has 0 heterocycles. The van der Waals surface area contributed by atoms with E-state index in [0.717, 1.165) is 0 Å². The van der Waals surface area contributed by atoms with Gasteiger partial charge in [0.15, 0.2) is 0 Å². The van der Waals surface area contributed by atoms with Crippen molar-refractivity contribution in [2.24, 2.45) is 5.73 Å². The second kappa shape index (κ2) is 8.39. The van der Waals surface area contributed by atoms with Gasteiger partial charge < -0.3 is 11.1 Å². The number of anilines is 1. The van der Waals surface area contributed by atoms with Gasteiger partial charge in [-0.1, -0.05) is 0 Å². The van der Waals surface area contributed by atoms with Gasteiger partial charge in [-0.25, -0.2) is 0 Å². The molecule has 0 aliphatic heterocycles. The summed E-state index contributed by atoms with van der Waals surface area (Å²) in [5.41, 5.74) is 5.63. The molecule has 118 valence electrons. The summed E-state index contributed by atoms with van der Waals surface area (Å²) in [5, 5.41) is 0.815. The number of carbonyl (C=O) groups is 4. The molecule has 0 unspecified atom stereocenters. The molecule has 1 rings (SSSR count). The SMILES string of the molecule is NC(=O)c1c(I)c(NC(=O)CC(=O)Cl)c(I)c(C(=O)Cl)c1I. The van der Waals surface area contributed by atoms with Gasteiger partial charge in [-0.2, -0.15) is 0 Å². The van der Waals surface area contributed by atoms with Crippen LogP contribution < -0.4 is 11.1 Å². The lowest BCUT2D eigenvalue weighted by Gasteiger charge is -2.16. The number of halogens is 5. The predicted octanol–water partition coefficient (Wildman–Crippen LogP) is 3.07. The van der Waals surface area contributed by atoms with Crippen LogP contribution >= 0.6 is 91.0 Å². The molecule has 0 saturated heterocycles. The maximum atomic E-state index is 11.7. The Bertz CT molecular complexity index is 668. The minimum Gasteiger partial charge on any atom is -0.366 e. The Morgan fingerprint density at radius 1 is 0.955 bits per heavy atom. The number of primary amides is 1. The summed E-state index contributed by atoms with van der Waals surface area (Å²) >= 11 is 16.1. The Balaban J connectivity index is 3.57. The van der Waals surface area contributed by atoms with Gasteiger partial charge in [-0.15, -0.1) is 0 Å². The standard InChI is InChI=1S/C11H5Cl2I3N2O4/c12-2(19)1-3(20)18-9-7(15)4(10(13)21)6(14)5(8(9)16)11(17)22/h1H2,(H2,17,22)(H,18,20). The first-order chi connectivity index (χ1) is 10.1. The van der Waals surface area contributed by atoms with Crippen LogP contribution in [0, 0.1) is 10.7 Å². The smallest absolute Gasteiger partial charge is 0.254 e. The topological polar surface area (TPSA) is 106 Å². The van der Waals surface area contributed by atoms with E-state index in [9.17, 15) is 19.2 Å². The first kappa shape index (κ1) is 20.3. The molecule has 0 fully saturated rings. The van der Waals surface area contributed by atoms with Gasteiger partial charge in [0.2, 0.25) is 11.1 Å². The number of hydrogen-bond acceptors (Lipinski definition) is 4. The van der Waals surface area contributed by atoms with Crippen LogP contribution in [0.25, 0.3) is 0 Å². The van der Waals surface area contributed by atoms with E-state index < -0.39 is 28.7 Å². The summed E-state index contributed by atoms with van der Waals surface area (Å²) in [5.74, 6) is -1.45. The van der Waals surface area contributed by atoms with Gasteiger partial charge in [0.1, 0.15) is 6.42 Å². The molecule has 6 nitrogen and oxygen atoms in total. The molecule has 2 amide bonds. The monoisotopic (exact) mass is 680 g/mol. The summed E-state index contributed by atoms with van der Waals surface area (Å²) in [6, 6.07) is 0. The van der Waals surface area contributed by atoms with E-state index in [-0.39, 0.29) is 16.8 Å². The highest BCUT2D eigenvalue weighted by molar-refractivity contribution is 14.1. The van der Waals surface area contributed by atoms with Crippen LogP contribution in [0.15, 0.2) is 0 Å². The Morgan fingerprint density at radius 2 is 1.45 bits per heavy atom. The third-order valence-corrected chi connectivity index (χ3v) is 5.88. The average molecular weight is 681 g/mol. The number of hydrogen-bond donors (Lipinski definition) is 2. The highest BCUT2D eigenvalue weighted by Crippen LogP contribution is 2.36. The second-order valence-corrected chi connectivity index (χ2v) is 7.79. The van der Waals surface area contributed by atoms with Crippen LogP contribution in [-0.2, 0) is 9.59 Å². The molecular weight excluding hydrogens is 676 g/mol. The number of amides is 2. The average Bonchev–Trinajstić information content (AvgIpc) is 2.32. The number of benzene rings is 1. The predicted molar refractivity (Wildman–Crippen MR) is 107 cm³/mol. The first-order valence-electron chi connectivity index (χ1n) is 5.26. The summed E-state index contributed by atoms with van der Waals surface area (Å²) in [4.78, 5) is 45.7. The molecule has 0 radical (unpaired) electrons. The highest BCUT2D eigenvalue weighted by atomic mass is 127. The van der Waals surface area contributed by atoms with Gasteiger partial charge in [0.25, 0.3) is 11.1 Å². The highest BCUT2D eigenvalue weighted by Gasteiger charge is 2.27. The third kappa shape index (κ3) is 4.64. The van der Waals surface area contributed by atoms with E-state index >= 15 is 0 Å². The number of nitrogens with one attached hydrogen (secondary N) is 1. The fourth-order valence-electron chi connectivity index (χ4n) is 1.47. The van der Waals surface area contributed by atoms with Crippen molar-refractivity contribution in [1.82, 2.24) is 0 Å². The molecule has 0 aromatic heterocycles. The van der Waals surface area contributed by atoms with Crippen molar-refractivity contribution in [2.45, 2.75) is 6.42 Å². The van der Waals surface area contributed by atoms with E-state index in [1.807, 2.05) is 45.2 Å². The van der Waals surface area contributed by atoms with Crippen LogP contribution in [0.2, 0.25) is 0 Å². The number of carbonyl (C=O) groups excluding carboxylic acids is 4. The van der Waals surface area contributed by atoms with Gasteiger partial charge >= 0.3 is 0 Å². The lowest BCUT2D eigenvalue weighted by Crippen LogP contribution is -2.22. The van der Waals surface area contributed by atoms with Crippen LogP contribution in [0.4, 0.5) is 5.69 Å². The van der Waals surface area contributed by atoms with Gasteiger partial charge in [0, 0.05) is 3.57 Å². The van der Waals surface area contributed by atoms with Crippen LogP contribution in [-0.4, -0.2) is 22.3 Å². The summed E-state index contributed by atoms with van der Waals surface area (Å²) in [6.07, 6.45) is -0.546. The lowest BCUT2D eigenvalue weighted by molar-refractivity contribution is -0.121. The Labute approximate surface area is 175 Å². The molecule has 1 aromatic rings. The van der Waals surface area contributed by atoms with Crippen LogP contribution in [0.5, 0.6) is 0 Å². The van der Waals surface area contributed by atoms with Crippen molar-refractivity contribution in [2.75, 3.05) is 5.32 Å². The van der Waals surface area contributed by atoms with Crippen molar-refractivity contribution in [1.29, 1.82) is 0 Å². The molecule has 0 aliphatic carbocycles. The largest absolute Gasteiger partial charge is 0.366 e. The van der Waals surface area contributed by atoms with Gasteiger partial charge in [-0.05, 0) is 91.0 Å². The molecule has 0 spiro atoms. The molecule has 0 atom stereocenters. The van der Waals surface area contributed by atoms with Crippen molar-refractivity contribution in [3.63, 3.8) is 0 Å². The van der Waals surface area contributed by atoms with Crippen molar-refractivity contribution < 1.29 is 19.2 Å². The summed E-state index contributed by atoms with van der Waals surface area (Å²) in [6.45, 7) is 0. The molecule has 3 N–H and O–H groups in total. The van der Waals surface area contributed by atoms with Crippen LogP contribution in [0.1, 0.15) is 27.1 Å². The molecule has 22 heavy (non-hydrogen) atoms. The summed E-state index contributed by atoms with van der Waals surface area (Å²) in [7, 11) is 0. The zero-order valence-electron chi connectivity index (χ0n) is 10.3. The fourth-order valence-corrected chi connectivity index (χ4v) is 6.56. The maximum absolute atomic E-state index is 11.7. The van der Waals surface area contributed by atoms with E-state index in [1.54, 1.807) is 22.6 Å². The fraction of sp³-hybridized carbons (Fsp3) is 0.0909. The van der Waals surface area contributed by atoms with E-state index in [0.29, 0.717) is 10.7 Å². The van der Waals surface area contributed by atoms with Crippen molar-refractivity contribution in [3.8, 4) is 0 Å². The number of nitrogens with two attached hydrogens (primary N) is 1. The molecule has 1 aromatic carbocycles. The number of rotatable bonds is 5. The first-order valence-corrected chi connectivity index (χ1v) is 9.25. The third-order valence-electron chi connectivity index (χ3n) is 2.32. The molecular formula is C11H5Cl2I3N2O4. The normalized spacial score (nSPS) is 10.2. The van der Waals surface area contributed by atoms with E-state index in [2.05, 4.69) is 5.32 Å². The quantitative estimate of drug-likeness (QED) is 0.284. The lowest BCUT2D eigenvalue weighted by atomic mass is 10.1. The Morgan fingerprint density at radius 3 is 1.86 bits per heavy atom. The molecule has 0 saturated carbocycles. The summed E-state index contributed by atoms with van der Waals surface area (Å²) < 4.78 is 0.980. The van der Waals surface area contributed by atoms with Gasteiger partial charge in [0.05, 0.1) is 24.0 Å². The second-order valence-electron chi connectivity index (χ2n) is 3.78. The minimum absolute atomic E-state index is 0.0598. The minimum atomic E-state index is -0.836. The zero-order chi connectivity index (χ0) is 17.2. The van der Waals surface area contributed by atoms with Crippen molar-refractivity contribution in [3.05, 3.63) is 21.8 Å². The molecule has 0 aliphatic rings. The molecule has 0 bridgehead atoms. The van der Waals surface area contributed by atoms with E-state index in [1.165, 1.54) is 0 Å².